The van der Waals surface area contributed by atoms with E-state index < -0.39 is 10.8 Å². The summed E-state index contributed by atoms with van der Waals surface area (Å²) in [5, 5.41) is 0. The standard InChI is InChI=1S/C34H31BrO4/c1-33(2,3)32(36)39-27-17-18-28(38-20-37-4)31-30(27)29-23-9-5-7-11-25(23)34(31,26-12-8-6-10-24(26)29)19-21-13-15-22(35)16-14-21/h5-18,29H,19-20H2,1-4H3. The molecular formula is C34H31BrO4. The third-order valence-corrected chi connectivity index (χ3v) is 8.40. The number of carbonyl (C=O) groups excluding carboxylic acids is 1. The van der Waals surface area contributed by atoms with Crippen molar-refractivity contribution in [3.63, 3.8) is 0 Å². The van der Waals surface area contributed by atoms with Gasteiger partial charge in [0.2, 0.25) is 0 Å². The summed E-state index contributed by atoms with van der Waals surface area (Å²) in [7, 11) is 1.63. The Hall–Kier alpha value is -3.41. The lowest BCUT2D eigenvalue weighted by Crippen LogP contribution is -2.44. The second kappa shape index (κ2) is 9.65. The molecule has 39 heavy (non-hydrogen) atoms. The van der Waals surface area contributed by atoms with Crippen LogP contribution in [0.1, 0.15) is 65.6 Å². The van der Waals surface area contributed by atoms with E-state index in [0.29, 0.717) is 12.2 Å². The molecule has 2 bridgehead atoms. The van der Waals surface area contributed by atoms with E-state index in [1.54, 1.807) is 7.11 Å². The smallest absolute Gasteiger partial charge is 0.316 e. The summed E-state index contributed by atoms with van der Waals surface area (Å²) in [5.74, 6) is 0.977. The van der Waals surface area contributed by atoms with Crippen LogP contribution in [0.2, 0.25) is 0 Å². The van der Waals surface area contributed by atoms with Crippen LogP contribution >= 0.6 is 15.9 Å². The van der Waals surface area contributed by atoms with E-state index in [2.05, 4.69) is 88.7 Å². The highest BCUT2D eigenvalue weighted by Crippen LogP contribution is 2.64. The molecule has 5 heteroatoms. The molecule has 4 aromatic rings. The first-order valence-corrected chi connectivity index (χ1v) is 14.0. The van der Waals surface area contributed by atoms with E-state index in [9.17, 15) is 4.79 Å². The lowest BCUT2D eigenvalue weighted by molar-refractivity contribution is -0.143. The molecule has 0 unspecified atom stereocenters. The van der Waals surface area contributed by atoms with E-state index in [0.717, 1.165) is 21.3 Å². The number of carbonyl (C=O) groups is 1. The minimum atomic E-state index is -0.642. The molecule has 4 aromatic carbocycles. The van der Waals surface area contributed by atoms with Gasteiger partial charge in [-0.05, 0) is 79.3 Å². The van der Waals surface area contributed by atoms with E-state index in [1.165, 1.54) is 27.8 Å². The molecule has 0 radical (unpaired) electrons. The maximum atomic E-state index is 13.2. The average molecular weight is 584 g/mol. The first-order chi connectivity index (χ1) is 18.8. The number of halogens is 1. The third kappa shape index (κ3) is 4.11. The maximum absolute atomic E-state index is 13.2. The van der Waals surface area contributed by atoms with Crippen LogP contribution in [0.25, 0.3) is 0 Å². The van der Waals surface area contributed by atoms with Gasteiger partial charge in [-0.2, -0.15) is 0 Å². The van der Waals surface area contributed by atoms with E-state index in [-0.39, 0.29) is 18.7 Å². The lowest BCUT2D eigenvalue weighted by Gasteiger charge is -2.51. The largest absolute Gasteiger partial charge is 0.467 e. The van der Waals surface area contributed by atoms with Crippen molar-refractivity contribution in [2.45, 2.75) is 38.5 Å². The molecule has 7 rings (SSSR count). The molecule has 0 saturated heterocycles. The van der Waals surface area contributed by atoms with Gasteiger partial charge in [0.1, 0.15) is 11.5 Å². The Kier molecular flexibility index (Phi) is 6.40. The van der Waals surface area contributed by atoms with Crippen molar-refractivity contribution >= 4 is 21.9 Å². The van der Waals surface area contributed by atoms with Gasteiger partial charge in [0, 0.05) is 28.6 Å². The highest BCUT2D eigenvalue weighted by atomic mass is 79.9. The van der Waals surface area contributed by atoms with Gasteiger partial charge in [-0.1, -0.05) is 76.6 Å². The summed E-state index contributed by atoms with van der Waals surface area (Å²) in [6.07, 6.45) is 0.716. The number of hydrogen-bond donors (Lipinski definition) is 0. The molecule has 198 valence electrons. The van der Waals surface area contributed by atoms with Crippen LogP contribution in [-0.4, -0.2) is 19.9 Å². The minimum Gasteiger partial charge on any atom is -0.467 e. The normalized spacial score (nSPS) is 18.6. The summed E-state index contributed by atoms with van der Waals surface area (Å²) in [6.45, 7) is 5.76. The fourth-order valence-corrected chi connectivity index (χ4v) is 6.51. The van der Waals surface area contributed by atoms with Gasteiger partial charge < -0.3 is 14.2 Å². The summed E-state index contributed by atoms with van der Waals surface area (Å²) in [4.78, 5) is 13.2. The number of methoxy groups -OCH3 is 1. The maximum Gasteiger partial charge on any atom is 0.316 e. The molecule has 3 aliphatic rings. The van der Waals surface area contributed by atoms with Crippen molar-refractivity contribution in [3.8, 4) is 11.5 Å². The molecule has 0 fully saturated rings. The Labute approximate surface area is 238 Å². The van der Waals surface area contributed by atoms with Crippen molar-refractivity contribution in [3.05, 3.63) is 128 Å². The molecular weight excluding hydrogens is 552 g/mol. The van der Waals surface area contributed by atoms with Crippen LogP contribution in [0.3, 0.4) is 0 Å². The van der Waals surface area contributed by atoms with Crippen molar-refractivity contribution in [1.29, 1.82) is 0 Å². The number of rotatable bonds is 6. The highest BCUT2D eigenvalue weighted by Gasteiger charge is 2.54. The van der Waals surface area contributed by atoms with Crippen LogP contribution in [0.4, 0.5) is 0 Å². The van der Waals surface area contributed by atoms with Crippen molar-refractivity contribution < 1.29 is 19.0 Å². The molecule has 0 saturated carbocycles. The number of esters is 1. The molecule has 0 aliphatic heterocycles. The molecule has 0 heterocycles. The Bertz CT molecular complexity index is 1520. The van der Waals surface area contributed by atoms with E-state index in [4.69, 9.17) is 14.2 Å². The topological polar surface area (TPSA) is 44.8 Å². The van der Waals surface area contributed by atoms with Crippen LogP contribution in [0, 0.1) is 5.41 Å². The van der Waals surface area contributed by atoms with Gasteiger partial charge >= 0.3 is 5.97 Å². The second-order valence-electron chi connectivity index (χ2n) is 11.4. The zero-order chi connectivity index (χ0) is 27.4. The van der Waals surface area contributed by atoms with Gasteiger partial charge in [0.25, 0.3) is 0 Å². The monoisotopic (exact) mass is 582 g/mol. The lowest BCUT2D eigenvalue weighted by atomic mass is 9.51. The Morgan fingerprint density at radius 3 is 2.03 bits per heavy atom. The van der Waals surface area contributed by atoms with Gasteiger partial charge in [-0.15, -0.1) is 0 Å². The third-order valence-electron chi connectivity index (χ3n) is 7.88. The number of ether oxygens (including phenoxy) is 3. The molecule has 0 atom stereocenters. The van der Waals surface area contributed by atoms with Crippen molar-refractivity contribution in [2.75, 3.05) is 13.9 Å². The first-order valence-electron chi connectivity index (χ1n) is 13.2. The fraction of sp³-hybridized carbons (Fsp3) is 0.265. The SMILES string of the molecule is COCOc1ccc(OC(=O)C(C)(C)C)c2c1C1(Cc3ccc(Br)cc3)c3ccccc3C2c2ccccc21. The second-order valence-corrected chi connectivity index (χ2v) is 12.3. The minimum absolute atomic E-state index is 0.0898. The van der Waals surface area contributed by atoms with Crippen LogP contribution in [0.5, 0.6) is 11.5 Å². The summed E-state index contributed by atoms with van der Waals surface area (Å²) in [6, 6.07) is 29.7. The Balaban J connectivity index is 1.70. The fourth-order valence-electron chi connectivity index (χ4n) is 6.25. The zero-order valence-corrected chi connectivity index (χ0v) is 24.2. The number of benzene rings is 4. The number of hydrogen-bond acceptors (Lipinski definition) is 4. The Morgan fingerprint density at radius 2 is 1.44 bits per heavy atom. The van der Waals surface area contributed by atoms with Crippen LogP contribution < -0.4 is 9.47 Å². The van der Waals surface area contributed by atoms with Gasteiger partial charge in [0.15, 0.2) is 6.79 Å². The van der Waals surface area contributed by atoms with Gasteiger partial charge in [-0.25, -0.2) is 0 Å². The molecule has 3 aliphatic carbocycles. The summed E-state index contributed by atoms with van der Waals surface area (Å²) < 4.78 is 18.9. The van der Waals surface area contributed by atoms with Crippen molar-refractivity contribution in [1.82, 2.24) is 0 Å². The first kappa shape index (κ1) is 25.8. The molecule has 0 spiro atoms. The average Bonchev–Trinajstić information content (AvgIpc) is 2.93. The van der Waals surface area contributed by atoms with Gasteiger partial charge in [0.05, 0.1) is 10.8 Å². The predicted octanol–water partition coefficient (Wildman–Crippen LogP) is 7.77. The van der Waals surface area contributed by atoms with E-state index in [1.807, 2.05) is 32.9 Å². The molecule has 0 amide bonds. The van der Waals surface area contributed by atoms with E-state index >= 15 is 0 Å². The summed E-state index contributed by atoms with van der Waals surface area (Å²) >= 11 is 3.59. The highest BCUT2D eigenvalue weighted by molar-refractivity contribution is 9.10. The molecule has 0 aromatic heterocycles. The van der Waals surface area contributed by atoms with Crippen LogP contribution in [-0.2, 0) is 21.4 Å². The van der Waals surface area contributed by atoms with Gasteiger partial charge in [-0.3, -0.25) is 4.79 Å². The molecule has 0 N–H and O–H groups in total. The summed E-state index contributed by atoms with van der Waals surface area (Å²) in [5.41, 5.74) is 7.02. The van der Waals surface area contributed by atoms with Crippen molar-refractivity contribution in [2.24, 2.45) is 5.41 Å². The quantitative estimate of drug-likeness (QED) is 0.132. The van der Waals surface area contributed by atoms with Crippen LogP contribution in [0.15, 0.2) is 89.4 Å². The predicted molar refractivity (Wildman–Crippen MR) is 156 cm³/mol. The molecule has 4 nitrogen and oxygen atoms in total. The zero-order valence-electron chi connectivity index (χ0n) is 22.6. The Morgan fingerprint density at radius 1 is 0.846 bits per heavy atom.